The van der Waals surface area contributed by atoms with Gasteiger partial charge in [0, 0.05) is 23.1 Å². The first-order valence-corrected chi connectivity index (χ1v) is 12.2. The molecule has 3 aromatic carbocycles. The average Bonchev–Trinajstić information content (AvgIpc) is 2.96. The van der Waals surface area contributed by atoms with E-state index in [1.165, 1.54) is 39.9 Å². The van der Waals surface area contributed by atoms with Crippen molar-refractivity contribution in [2.75, 3.05) is 21.3 Å². The summed E-state index contributed by atoms with van der Waals surface area (Å²) in [6.45, 7) is 0. The van der Waals surface area contributed by atoms with Crippen LogP contribution >= 0.6 is 0 Å². The second-order valence-electron chi connectivity index (χ2n) is 9.17. The first kappa shape index (κ1) is 25.1. The van der Waals surface area contributed by atoms with E-state index >= 15 is 0 Å². The van der Waals surface area contributed by atoms with E-state index in [-0.39, 0.29) is 50.6 Å². The van der Waals surface area contributed by atoms with Gasteiger partial charge in [0.25, 0.3) is 0 Å². The van der Waals surface area contributed by atoms with E-state index in [0.717, 1.165) is 0 Å². The number of phenolic OH excluding ortho intramolecular Hbond substituents is 1. The summed E-state index contributed by atoms with van der Waals surface area (Å²) in [4.78, 5) is 39.9. The number of carbonyl (C=O) groups excluding carboxylic acids is 1. The molecule has 0 aliphatic carbocycles. The topological polar surface area (TPSA) is 135 Å². The summed E-state index contributed by atoms with van der Waals surface area (Å²) >= 11 is 0. The highest BCUT2D eigenvalue weighted by Gasteiger charge is 2.35. The predicted molar refractivity (Wildman–Crippen MR) is 144 cm³/mol. The molecule has 1 atom stereocenters. The maximum absolute atomic E-state index is 13.7. The highest BCUT2D eigenvalue weighted by molar-refractivity contribution is 5.94. The summed E-state index contributed by atoms with van der Waals surface area (Å²) in [5, 5.41) is 11.0. The van der Waals surface area contributed by atoms with Gasteiger partial charge in [-0.25, -0.2) is 0 Å². The molecular weight excluding hydrogens is 520 g/mol. The molecule has 0 spiro atoms. The Morgan fingerprint density at radius 1 is 0.850 bits per heavy atom. The third-order valence-electron chi connectivity index (χ3n) is 7.05. The summed E-state index contributed by atoms with van der Waals surface area (Å²) in [7, 11) is 4.46. The van der Waals surface area contributed by atoms with Crippen LogP contribution in [-0.4, -0.2) is 32.4 Å². The Hall–Kier alpha value is -5.25. The molecule has 10 heteroatoms. The lowest BCUT2D eigenvalue weighted by atomic mass is 9.85. The minimum absolute atomic E-state index is 0.00753. The van der Waals surface area contributed by atoms with Crippen LogP contribution < -0.4 is 29.8 Å². The van der Waals surface area contributed by atoms with Crippen molar-refractivity contribution in [1.82, 2.24) is 0 Å². The van der Waals surface area contributed by atoms with Crippen LogP contribution in [0.3, 0.4) is 0 Å². The first-order chi connectivity index (χ1) is 19.3. The van der Waals surface area contributed by atoms with E-state index in [4.69, 9.17) is 27.8 Å². The van der Waals surface area contributed by atoms with Gasteiger partial charge >= 0.3 is 5.97 Å². The van der Waals surface area contributed by atoms with Crippen LogP contribution in [0.4, 0.5) is 0 Å². The molecule has 1 aliphatic heterocycles. The smallest absolute Gasteiger partial charge is 0.312 e. The fourth-order valence-electron chi connectivity index (χ4n) is 5.09. The number of carbonyl (C=O) groups is 1. The van der Waals surface area contributed by atoms with Gasteiger partial charge in [-0.05, 0) is 35.9 Å². The monoisotopic (exact) mass is 542 g/mol. The van der Waals surface area contributed by atoms with Gasteiger partial charge in [-0.3, -0.25) is 14.4 Å². The summed E-state index contributed by atoms with van der Waals surface area (Å²) in [5.41, 5.74) is 0.496. The Kier molecular flexibility index (Phi) is 5.95. The molecular formula is C30H22O10. The van der Waals surface area contributed by atoms with Crippen LogP contribution in [0.15, 0.2) is 73.4 Å². The summed E-state index contributed by atoms with van der Waals surface area (Å²) in [6.07, 6.45) is 2.33. The van der Waals surface area contributed by atoms with Crippen molar-refractivity contribution in [3.63, 3.8) is 0 Å². The highest BCUT2D eigenvalue weighted by Crippen LogP contribution is 2.45. The number of ether oxygens (including phenoxy) is 4. The highest BCUT2D eigenvalue weighted by atomic mass is 16.5. The van der Waals surface area contributed by atoms with Crippen molar-refractivity contribution in [3.8, 4) is 39.9 Å². The fraction of sp³-hybridized carbons (Fsp3) is 0.167. The molecule has 10 nitrogen and oxygen atoms in total. The molecule has 6 rings (SSSR count). The third kappa shape index (κ3) is 3.84. The van der Waals surface area contributed by atoms with Crippen molar-refractivity contribution in [2.24, 2.45) is 0 Å². The lowest BCUT2D eigenvalue weighted by Crippen LogP contribution is -2.25. The minimum Gasteiger partial charge on any atom is -0.507 e. The van der Waals surface area contributed by atoms with E-state index in [1.807, 2.05) is 0 Å². The number of rotatable bonds is 5. The third-order valence-corrected chi connectivity index (χ3v) is 7.05. The van der Waals surface area contributed by atoms with Gasteiger partial charge in [-0.15, -0.1) is 0 Å². The zero-order chi connectivity index (χ0) is 28.1. The number of aromatic hydroxyl groups is 1. The number of hydrogen-bond donors (Lipinski definition) is 1. The standard InChI is InChI=1S/C30H22O10/c1-35-15-5-7-21-17(9-15)28(33)19(13-38-21)16-10-25(32)40-24-11-20(31)27-29(34)18(12-39-30(27)26(16)24)14-4-6-22(36-2)23(8-14)37-3/h4-9,11-13,16,31H,10H2,1-3H3/t16-/m0/s1. The average molecular weight is 542 g/mol. The summed E-state index contributed by atoms with van der Waals surface area (Å²) < 4.78 is 33.0. The molecule has 0 fully saturated rings. The molecule has 202 valence electrons. The van der Waals surface area contributed by atoms with Crippen LogP contribution in [0, 0.1) is 0 Å². The van der Waals surface area contributed by atoms with Gasteiger partial charge in [0.2, 0.25) is 5.43 Å². The summed E-state index contributed by atoms with van der Waals surface area (Å²) in [6, 6.07) is 10.9. The maximum Gasteiger partial charge on any atom is 0.312 e. The Morgan fingerprint density at radius 3 is 2.40 bits per heavy atom. The van der Waals surface area contributed by atoms with Crippen molar-refractivity contribution in [2.45, 2.75) is 12.3 Å². The largest absolute Gasteiger partial charge is 0.507 e. The SMILES string of the molecule is COc1ccc2occ([C@@H]3CC(=O)Oc4cc(O)c5c(=O)c(-c6ccc(OC)c(OC)c6)coc5c43)c(=O)c2c1. The molecule has 0 saturated heterocycles. The van der Waals surface area contributed by atoms with Crippen molar-refractivity contribution < 1.29 is 37.7 Å². The zero-order valence-corrected chi connectivity index (χ0v) is 21.6. The van der Waals surface area contributed by atoms with Crippen molar-refractivity contribution >= 4 is 27.9 Å². The molecule has 3 heterocycles. The van der Waals surface area contributed by atoms with Crippen LogP contribution in [0.5, 0.6) is 28.7 Å². The quantitative estimate of drug-likeness (QED) is 0.245. The van der Waals surface area contributed by atoms with E-state index in [2.05, 4.69) is 0 Å². The molecule has 0 bridgehead atoms. The molecule has 5 aromatic rings. The number of phenols is 1. The lowest BCUT2D eigenvalue weighted by Gasteiger charge is -2.25. The molecule has 1 N–H and O–H groups in total. The number of esters is 1. The first-order valence-electron chi connectivity index (χ1n) is 12.2. The second-order valence-corrected chi connectivity index (χ2v) is 9.17. The van der Waals surface area contributed by atoms with E-state index in [0.29, 0.717) is 28.4 Å². The second kappa shape index (κ2) is 9.49. The van der Waals surface area contributed by atoms with Crippen LogP contribution in [0.25, 0.3) is 33.1 Å². The Bertz CT molecular complexity index is 1950. The molecule has 0 radical (unpaired) electrons. The number of hydrogen-bond acceptors (Lipinski definition) is 10. The Morgan fingerprint density at radius 2 is 1.65 bits per heavy atom. The zero-order valence-electron chi connectivity index (χ0n) is 21.6. The van der Waals surface area contributed by atoms with Gasteiger partial charge in [0.15, 0.2) is 16.9 Å². The fourth-order valence-corrected chi connectivity index (χ4v) is 5.09. The van der Waals surface area contributed by atoms with Gasteiger partial charge in [-0.1, -0.05) is 6.07 Å². The normalized spacial score (nSPS) is 14.6. The van der Waals surface area contributed by atoms with Gasteiger partial charge in [0.1, 0.15) is 40.1 Å². The molecule has 1 aliphatic rings. The molecule has 0 unspecified atom stereocenters. The number of fused-ring (bicyclic) bond motifs is 4. The Balaban J connectivity index is 1.58. The van der Waals surface area contributed by atoms with Crippen LogP contribution in [0.2, 0.25) is 0 Å². The minimum atomic E-state index is -0.874. The lowest BCUT2D eigenvalue weighted by molar-refractivity contribution is -0.135. The van der Waals surface area contributed by atoms with Crippen molar-refractivity contribution in [1.29, 1.82) is 0 Å². The van der Waals surface area contributed by atoms with E-state index < -0.39 is 23.1 Å². The van der Waals surface area contributed by atoms with E-state index in [1.54, 1.807) is 36.4 Å². The molecule has 0 saturated carbocycles. The van der Waals surface area contributed by atoms with Crippen LogP contribution in [-0.2, 0) is 4.79 Å². The predicted octanol–water partition coefficient (Wildman–Crippen LogP) is 4.74. The maximum atomic E-state index is 13.7. The molecule has 40 heavy (non-hydrogen) atoms. The number of benzene rings is 3. The molecule has 0 amide bonds. The van der Waals surface area contributed by atoms with Crippen molar-refractivity contribution in [3.05, 3.63) is 86.6 Å². The Labute approximate surface area is 225 Å². The van der Waals surface area contributed by atoms with Gasteiger partial charge < -0.3 is 32.9 Å². The van der Waals surface area contributed by atoms with Gasteiger partial charge in [0.05, 0.1) is 45.0 Å². The van der Waals surface area contributed by atoms with Crippen LogP contribution in [0.1, 0.15) is 23.5 Å². The van der Waals surface area contributed by atoms with E-state index in [9.17, 15) is 19.5 Å². The molecule has 2 aromatic heterocycles. The van der Waals surface area contributed by atoms with Gasteiger partial charge in [-0.2, -0.15) is 0 Å². The number of methoxy groups -OCH3 is 3. The summed E-state index contributed by atoms with van der Waals surface area (Å²) in [5.74, 6) is -0.603.